The molecule has 2 rings (SSSR count). The SMILES string of the molecule is Cc1cc2c(o1)C[C@H](C(F)F)C[C@H]2O. The molecule has 0 fully saturated rings. The van der Waals surface area contributed by atoms with Crippen molar-refractivity contribution in [3.63, 3.8) is 0 Å². The standard InChI is InChI=1S/C10H12F2O2/c1-5-2-7-8(13)3-6(10(11)12)4-9(7)14-5/h2,6,8,10,13H,3-4H2,1H3/t6-,8-/m1/s1. The number of fused-ring (bicyclic) bond motifs is 1. The zero-order valence-corrected chi connectivity index (χ0v) is 7.84. The molecule has 2 nitrogen and oxygen atoms in total. The maximum atomic E-state index is 12.4. The number of halogens is 2. The fraction of sp³-hybridized carbons (Fsp3) is 0.600. The normalized spacial score (nSPS) is 26.6. The molecule has 1 aliphatic rings. The number of aliphatic hydroxyl groups is 1. The van der Waals surface area contributed by atoms with E-state index in [4.69, 9.17) is 4.42 Å². The van der Waals surface area contributed by atoms with Crippen molar-refractivity contribution in [2.45, 2.75) is 32.3 Å². The molecule has 0 saturated carbocycles. The summed E-state index contributed by atoms with van der Waals surface area (Å²) in [5.41, 5.74) is 0.680. The average Bonchev–Trinajstić information content (AvgIpc) is 2.45. The smallest absolute Gasteiger partial charge is 0.241 e. The lowest BCUT2D eigenvalue weighted by Crippen LogP contribution is -2.22. The highest BCUT2D eigenvalue weighted by Gasteiger charge is 2.33. The third kappa shape index (κ3) is 1.54. The monoisotopic (exact) mass is 202 g/mol. The second kappa shape index (κ2) is 3.35. The largest absolute Gasteiger partial charge is 0.466 e. The molecule has 0 spiro atoms. The second-order valence-corrected chi connectivity index (χ2v) is 3.79. The lowest BCUT2D eigenvalue weighted by atomic mass is 9.86. The van der Waals surface area contributed by atoms with Crippen molar-refractivity contribution in [1.29, 1.82) is 0 Å². The van der Waals surface area contributed by atoms with E-state index < -0.39 is 18.4 Å². The van der Waals surface area contributed by atoms with E-state index in [0.29, 0.717) is 17.1 Å². The molecule has 1 aliphatic carbocycles. The van der Waals surface area contributed by atoms with Gasteiger partial charge in [-0.25, -0.2) is 8.78 Å². The van der Waals surface area contributed by atoms with Crippen molar-refractivity contribution in [1.82, 2.24) is 0 Å². The zero-order chi connectivity index (χ0) is 10.3. The molecule has 1 heterocycles. The van der Waals surface area contributed by atoms with Gasteiger partial charge in [-0.2, -0.15) is 0 Å². The minimum atomic E-state index is -2.39. The van der Waals surface area contributed by atoms with E-state index in [1.807, 2.05) is 0 Å². The first-order valence-corrected chi connectivity index (χ1v) is 4.63. The van der Waals surface area contributed by atoms with Gasteiger partial charge in [-0.3, -0.25) is 0 Å². The Kier molecular flexibility index (Phi) is 2.31. The molecule has 0 radical (unpaired) electrons. The molecule has 2 atom stereocenters. The molecule has 0 saturated heterocycles. The highest BCUT2D eigenvalue weighted by atomic mass is 19.3. The Balaban J connectivity index is 2.28. The Hall–Kier alpha value is -0.900. The van der Waals surface area contributed by atoms with Gasteiger partial charge in [-0.05, 0) is 19.4 Å². The maximum Gasteiger partial charge on any atom is 0.241 e. The summed E-state index contributed by atoms with van der Waals surface area (Å²) in [7, 11) is 0. The van der Waals surface area contributed by atoms with Crippen LogP contribution in [0.5, 0.6) is 0 Å². The predicted molar refractivity (Wildman–Crippen MR) is 46.2 cm³/mol. The highest BCUT2D eigenvalue weighted by molar-refractivity contribution is 5.26. The molecule has 0 unspecified atom stereocenters. The highest BCUT2D eigenvalue weighted by Crippen LogP contribution is 2.37. The van der Waals surface area contributed by atoms with Crippen LogP contribution in [0.1, 0.15) is 29.6 Å². The van der Waals surface area contributed by atoms with Gasteiger partial charge in [0.1, 0.15) is 11.5 Å². The lowest BCUT2D eigenvalue weighted by molar-refractivity contribution is 0.0262. The minimum Gasteiger partial charge on any atom is -0.466 e. The topological polar surface area (TPSA) is 33.4 Å². The molecule has 4 heteroatoms. The van der Waals surface area contributed by atoms with Crippen molar-refractivity contribution in [3.8, 4) is 0 Å². The molecule has 0 aromatic carbocycles. The maximum absolute atomic E-state index is 12.4. The number of alkyl halides is 2. The van der Waals surface area contributed by atoms with E-state index in [9.17, 15) is 13.9 Å². The van der Waals surface area contributed by atoms with Crippen molar-refractivity contribution in [3.05, 3.63) is 23.2 Å². The lowest BCUT2D eigenvalue weighted by Gasteiger charge is -2.24. The van der Waals surface area contributed by atoms with Gasteiger partial charge in [-0.15, -0.1) is 0 Å². The average molecular weight is 202 g/mol. The van der Waals surface area contributed by atoms with Crippen LogP contribution >= 0.6 is 0 Å². The first kappa shape index (κ1) is 9.65. The molecule has 0 amide bonds. The van der Waals surface area contributed by atoms with Crippen LogP contribution in [0.4, 0.5) is 8.78 Å². The first-order valence-electron chi connectivity index (χ1n) is 4.63. The van der Waals surface area contributed by atoms with Crippen LogP contribution in [0.2, 0.25) is 0 Å². The fourth-order valence-corrected chi connectivity index (χ4v) is 1.95. The predicted octanol–water partition coefficient (Wildman–Crippen LogP) is 2.45. The van der Waals surface area contributed by atoms with Crippen LogP contribution in [0, 0.1) is 12.8 Å². The van der Waals surface area contributed by atoms with Gasteiger partial charge in [0.2, 0.25) is 6.43 Å². The van der Waals surface area contributed by atoms with Crippen LogP contribution in [-0.2, 0) is 6.42 Å². The van der Waals surface area contributed by atoms with E-state index >= 15 is 0 Å². The zero-order valence-electron chi connectivity index (χ0n) is 7.84. The molecule has 1 aromatic rings. The Morgan fingerprint density at radius 2 is 2.29 bits per heavy atom. The molecule has 1 aromatic heterocycles. The molecule has 78 valence electrons. The number of aryl methyl sites for hydroxylation is 1. The van der Waals surface area contributed by atoms with Crippen molar-refractivity contribution in [2.75, 3.05) is 0 Å². The Morgan fingerprint density at radius 3 is 2.93 bits per heavy atom. The summed E-state index contributed by atoms with van der Waals surface area (Å²) in [6, 6.07) is 1.72. The summed E-state index contributed by atoms with van der Waals surface area (Å²) in [4.78, 5) is 0. The van der Waals surface area contributed by atoms with Crippen molar-refractivity contribution >= 4 is 0 Å². The van der Waals surface area contributed by atoms with E-state index in [0.717, 1.165) is 0 Å². The summed E-state index contributed by atoms with van der Waals surface area (Å²) in [5, 5.41) is 9.60. The fourth-order valence-electron chi connectivity index (χ4n) is 1.95. The molecule has 1 N–H and O–H groups in total. The Morgan fingerprint density at radius 1 is 1.57 bits per heavy atom. The van der Waals surface area contributed by atoms with E-state index in [-0.39, 0.29) is 12.8 Å². The van der Waals surface area contributed by atoms with Gasteiger partial charge in [0.05, 0.1) is 6.10 Å². The molecule has 0 aliphatic heterocycles. The Bertz CT molecular complexity index is 333. The van der Waals surface area contributed by atoms with Crippen LogP contribution in [0.25, 0.3) is 0 Å². The first-order chi connectivity index (χ1) is 6.58. The number of hydrogen-bond acceptors (Lipinski definition) is 2. The third-order valence-corrected chi connectivity index (χ3v) is 2.65. The summed E-state index contributed by atoms with van der Waals surface area (Å²) in [6.45, 7) is 1.75. The number of rotatable bonds is 1. The molecular formula is C10H12F2O2. The van der Waals surface area contributed by atoms with Crippen LogP contribution in [0.15, 0.2) is 10.5 Å². The van der Waals surface area contributed by atoms with Crippen molar-refractivity contribution < 1.29 is 18.3 Å². The molecule has 14 heavy (non-hydrogen) atoms. The van der Waals surface area contributed by atoms with Gasteiger partial charge in [0.15, 0.2) is 0 Å². The summed E-state index contributed by atoms with van der Waals surface area (Å²) < 4.78 is 30.1. The van der Waals surface area contributed by atoms with Crippen LogP contribution < -0.4 is 0 Å². The quantitative estimate of drug-likeness (QED) is 0.758. The van der Waals surface area contributed by atoms with E-state index in [2.05, 4.69) is 0 Å². The number of furan rings is 1. The molecular weight excluding hydrogens is 190 g/mol. The van der Waals surface area contributed by atoms with E-state index in [1.54, 1.807) is 13.0 Å². The Labute approximate surface area is 80.5 Å². The van der Waals surface area contributed by atoms with Crippen LogP contribution in [-0.4, -0.2) is 11.5 Å². The van der Waals surface area contributed by atoms with E-state index in [1.165, 1.54) is 0 Å². The van der Waals surface area contributed by atoms with Gasteiger partial charge >= 0.3 is 0 Å². The molecule has 0 bridgehead atoms. The number of aliphatic hydroxyl groups excluding tert-OH is 1. The summed E-state index contributed by atoms with van der Waals surface area (Å²) in [5.74, 6) is 0.415. The minimum absolute atomic E-state index is 0.129. The van der Waals surface area contributed by atoms with Gasteiger partial charge < -0.3 is 9.52 Å². The third-order valence-electron chi connectivity index (χ3n) is 2.65. The van der Waals surface area contributed by atoms with Gasteiger partial charge in [0.25, 0.3) is 0 Å². The van der Waals surface area contributed by atoms with Gasteiger partial charge in [0, 0.05) is 17.9 Å². The summed E-state index contributed by atoms with van der Waals surface area (Å²) in [6.07, 6.45) is -2.82. The van der Waals surface area contributed by atoms with Gasteiger partial charge in [-0.1, -0.05) is 0 Å². The number of hydrogen-bond donors (Lipinski definition) is 1. The summed E-state index contributed by atoms with van der Waals surface area (Å²) >= 11 is 0. The second-order valence-electron chi connectivity index (χ2n) is 3.79. The van der Waals surface area contributed by atoms with Crippen molar-refractivity contribution in [2.24, 2.45) is 5.92 Å². The van der Waals surface area contributed by atoms with Crippen LogP contribution in [0.3, 0.4) is 0 Å².